The summed E-state index contributed by atoms with van der Waals surface area (Å²) in [5, 5.41) is 3.76. The zero-order valence-corrected chi connectivity index (χ0v) is 14.0. The van der Waals surface area contributed by atoms with E-state index in [1.165, 1.54) is 6.42 Å². The molecule has 0 radical (unpaired) electrons. The maximum absolute atomic E-state index is 12.2. The molecule has 0 spiro atoms. The molecule has 0 saturated carbocycles. The molecular formula is C16H28N4O2. The fraction of sp³-hybridized carbons (Fsp3) is 0.812. The van der Waals surface area contributed by atoms with Crippen molar-refractivity contribution in [1.82, 2.24) is 19.9 Å². The summed E-state index contributed by atoms with van der Waals surface area (Å²) >= 11 is 0. The van der Waals surface area contributed by atoms with Gasteiger partial charge in [0, 0.05) is 25.9 Å². The van der Waals surface area contributed by atoms with E-state index in [-0.39, 0.29) is 5.91 Å². The van der Waals surface area contributed by atoms with Crippen LogP contribution in [0.1, 0.15) is 43.8 Å². The number of rotatable bonds is 7. The highest BCUT2D eigenvalue weighted by Crippen LogP contribution is 2.21. The first kappa shape index (κ1) is 16.9. The van der Waals surface area contributed by atoms with Gasteiger partial charge in [-0.3, -0.25) is 4.79 Å². The number of carbonyl (C=O) groups is 1. The molecule has 1 saturated heterocycles. The van der Waals surface area contributed by atoms with Crippen molar-refractivity contribution in [2.24, 2.45) is 5.92 Å². The minimum atomic E-state index is 0.266. The van der Waals surface area contributed by atoms with Crippen LogP contribution >= 0.6 is 0 Å². The lowest BCUT2D eigenvalue weighted by Gasteiger charge is -2.32. The highest BCUT2D eigenvalue weighted by molar-refractivity contribution is 5.76. The predicted molar refractivity (Wildman–Crippen MR) is 84.4 cm³/mol. The van der Waals surface area contributed by atoms with Gasteiger partial charge in [-0.1, -0.05) is 5.16 Å². The summed E-state index contributed by atoms with van der Waals surface area (Å²) in [6.45, 7) is 4.77. The van der Waals surface area contributed by atoms with E-state index < -0.39 is 0 Å². The zero-order chi connectivity index (χ0) is 15.9. The van der Waals surface area contributed by atoms with Gasteiger partial charge in [0.25, 0.3) is 0 Å². The molecule has 1 aromatic rings. The minimum Gasteiger partial charge on any atom is -0.343 e. The summed E-state index contributed by atoms with van der Waals surface area (Å²) in [4.78, 5) is 20.6. The third-order valence-corrected chi connectivity index (χ3v) is 4.30. The number of hydrogen-bond acceptors (Lipinski definition) is 5. The number of nitrogens with zero attached hydrogens (tertiary/aromatic N) is 4. The Morgan fingerprint density at radius 3 is 2.68 bits per heavy atom. The van der Waals surface area contributed by atoms with Crippen LogP contribution in [0.4, 0.5) is 0 Å². The molecule has 0 atom stereocenters. The van der Waals surface area contributed by atoms with Gasteiger partial charge < -0.3 is 14.3 Å². The molecule has 0 unspecified atom stereocenters. The minimum absolute atomic E-state index is 0.266. The molecule has 1 aliphatic heterocycles. The van der Waals surface area contributed by atoms with Gasteiger partial charge in [0.1, 0.15) is 0 Å². The molecule has 0 aromatic carbocycles. The molecule has 1 amide bonds. The number of piperidine rings is 1. The molecule has 1 fully saturated rings. The van der Waals surface area contributed by atoms with Gasteiger partial charge >= 0.3 is 0 Å². The number of likely N-dealkylation sites (tertiary alicyclic amines) is 1. The Hall–Kier alpha value is -1.43. The highest BCUT2D eigenvalue weighted by atomic mass is 16.5. The van der Waals surface area contributed by atoms with E-state index in [1.54, 1.807) is 6.92 Å². The van der Waals surface area contributed by atoms with E-state index >= 15 is 0 Å². The van der Waals surface area contributed by atoms with Crippen LogP contribution in [-0.4, -0.2) is 59.6 Å². The van der Waals surface area contributed by atoms with Gasteiger partial charge in [-0.2, -0.15) is 4.98 Å². The zero-order valence-electron chi connectivity index (χ0n) is 14.0. The summed E-state index contributed by atoms with van der Waals surface area (Å²) in [7, 11) is 4.23. The number of carbonyl (C=O) groups excluding carboxylic acids is 1. The van der Waals surface area contributed by atoms with Crippen LogP contribution in [0, 0.1) is 12.8 Å². The first-order chi connectivity index (χ1) is 10.5. The summed E-state index contributed by atoms with van der Waals surface area (Å²) in [5.74, 6) is 2.32. The Labute approximate surface area is 132 Å². The van der Waals surface area contributed by atoms with Crippen molar-refractivity contribution in [3.05, 3.63) is 11.7 Å². The molecule has 1 aliphatic rings. The Morgan fingerprint density at radius 1 is 1.36 bits per heavy atom. The van der Waals surface area contributed by atoms with Crippen LogP contribution in [-0.2, 0) is 11.2 Å². The monoisotopic (exact) mass is 308 g/mol. The fourth-order valence-electron chi connectivity index (χ4n) is 2.90. The van der Waals surface area contributed by atoms with E-state index in [2.05, 4.69) is 29.1 Å². The van der Waals surface area contributed by atoms with Gasteiger partial charge in [-0.25, -0.2) is 0 Å². The van der Waals surface area contributed by atoms with Crippen molar-refractivity contribution in [2.45, 2.75) is 45.4 Å². The molecule has 124 valence electrons. The Morgan fingerprint density at radius 2 is 2.09 bits per heavy atom. The van der Waals surface area contributed by atoms with Crippen LogP contribution < -0.4 is 0 Å². The first-order valence-corrected chi connectivity index (χ1v) is 8.26. The molecule has 0 aliphatic carbocycles. The molecule has 6 heteroatoms. The molecule has 6 nitrogen and oxygen atoms in total. The Balaban J connectivity index is 1.62. The fourth-order valence-corrected chi connectivity index (χ4v) is 2.90. The first-order valence-electron chi connectivity index (χ1n) is 8.26. The van der Waals surface area contributed by atoms with Gasteiger partial charge in [0.05, 0.1) is 0 Å². The van der Waals surface area contributed by atoms with Gasteiger partial charge in [-0.05, 0) is 59.2 Å². The SMILES string of the molecule is Cc1noc(CCCC(=O)N2CCC(CCN(C)C)CC2)n1. The summed E-state index contributed by atoms with van der Waals surface area (Å²) in [5.41, 5.74) is 0. The number of hydrogen-bond donors (Lipinski definition) is 0. The molecule has 0 bridgehead atoms. The highest BCUT2D eigenvalue weighted by Gasteiger charge is 2.22. The second-order valence-electron chi connectivity index (χ2n) is 6.50. The Bertz CT molecular complexity index is 464. The van der Waals surface area contributed by atoms with E-state index in [0.717, 1.165) is 44.8 Å². The summed E-state index contributed by atoms with van der Waals surface area (Å²) < 4.78 is 5.06. The topological polar surface area (TPSA) is 62.5 Å². The third kappa shape index (κ3) is 5.40. The van der Waals surface area contributed by atoms with Crippen molar-refractivity contribution in [1.29, 1.82) is 0 Å². The lowest BCUT2D eigenvalue weighted by atomic mass is 9.93. The second-order valence-corrected chi connectivity index (χ2v) is 6.50. The largest absolute Gasteiger partial charge is 0.343 e. The van der Waals surface area contributed by atoms with E-state index in [9.17, 15) is 4.79 Å². The molecule has 22 heavy (non-hydrogen) atoms. The molecule has 1 aromatic heterocycles. The lowest BCUT2D eigenvalue weighted by molar-refractivity contribution is -0.132. The normalized spacial score (nSPS) is 16.5. The van der Waals surface area contributed by atoms with Crippen LogP contribution in [0.2, 0.25) is 0 Å². The van der Waals surface area contributed by atoms with Crippen LogP contribution in [0.5, 0.6) is 0 Å². The van der Waals surface area contributed by atoms with Crippen molar-refractivity contribution in [3.63, 3.8) is 0 Å². The smallest absolute Gasteiger partial charge is 0.226 e. The molecule has 2 heterocycles. The van der Waals surface area contributed by atoms with Gasteiger partial charge in [0.15, 0.2) is 5.82 Å². The average Bonchev–Trinajstić information content (AvgIpc) is 2.91. The summed E-state index contributed by atoms with van der Waals surface area (Å²) in [6.07, 6.45) is 5.56. The van der Waals surface area contributed by atoms with Crippen LogP contribution in [0.15, 0.2) is 4.52 Å². The predicted octanol–water partition coefficient (Wildman–Crippen LogP) is 1.89. The van der Waals surface area contributed by atoms with Crippen molar-refractivity contribution < 1.29 is 9.32 Å². The standard InChI is InChI=1S/C16H28N4O2/c1-13-17-15(22-18-13)5-4-6-16(21)20-11-8-14(9-12-20)7-10-19(2)3/h14H,4-12H2,1-3H3. The van der Waals surface area contributed by atoms with E-state index in [0.29, 0.717) is 24.6 Å². The van der Waals surface area contributed by atoms with E-state index in [4.69, 9.17) is 4.52 Å². The third-order valence-electron chi connectivity index (χ3n) is 4.30. The van der Waals surface area contributed by atoms with Crippen molar-refractivity contribution in [2.75, 3.05) is 33.7 Å². The van der Waals surface area contributed by atoms with Crippen LogP contribution in [0.25, 0.3) is 0 Å². The average molecular weight is 308 g/mol. The second kappa shape index (κ2) is 8.27. The van der Waals surface area contributed by atoms with Crippen LogP contribution in [0.3, 0.4) is 0 Å². The van der Waals surface area contributed by atoms with Crippen molar-refractivity contribution >= 4 is 5.91 Å². The van der Waals surface area contributed by atoms with Gasteiger partial charge in [0.2, 0.25) is 11.8 Å². The number of aryl methyl sites for hydroxylation is 2. The van der Waals surface area contributed by atoms with Gasteiger partial charge in [-0.15, -0.1) is 0 Å². The van der Waals surface area contributed by atoms with Crippen molar-refractivity contribution in [3.8, 4) is 0 Å². The quantitative estimate of drug-likeness (QED) is 0.770. The maximum Gasteiger partial charge on any atom is 0.226 e. The molecule has 2 rings (SSSR count). The molecule has 0 N–H and O–H groups in total. The number of aromatic nitrogens is 2. The molecular weight excluding hydrogens is 280 g/mol. The van der Waals surface area contributed by atoms with E-state index in [1.807, 2.05) is 4.90 Å². The summed E-state index contributed by atoms with van der Waals surface area (Å²) in [6, 6.07) is 0. The number of amides is 1. The maximum atomic E-state index is 12.2. The Kier molecular flexibility index (Phi) is 6.36. The lowest BCUT2D eigenvalue weighted by Crippen LogP contribution is -2.38.